The molecule has 0 aromatic rings. The van der Waals surface area contributed by atoms with E-state index in [1.54, 1.807) is 0 Å². The highest BCUT2D eigenvalue weighted by atomic mass is 16.5. The maximum absolute atomic E-state index is 11.4. The zero-order valence-corrected chi connectivity index (χ0v) is 9.30. The lowest BCUT2D eigenvalue weighted by atomic mass is 10.0. The lowest BCUT2D eigenvalue weighted by molar-refractivity contribution is -0.150. The van der Waals surface area contributed by atoms with E-state index in [1.807, 2.05) is 13.8 Å². The summed E-state index contributed by atoms with van der Waals surface area (Å²) in [5, 5.41) is 0. The molecule has 0 saturated heterocycles. The van der Waals surface area contributed by atoms with Crippen LogP contribution in [-0.4, -0.2) is 12.6 Å². The second-order valence-electron chi connectivity index (χ2n) is 3.66. The first-order chi connectivity index (χ1) is 6.15. The van der Waals surface area contributed by atoms with E-state index in [-0.39, 0.29) is 11.9 Å². The molecule has 0 radical (unpaired) electrons. The number of hydrogen-bond donors (Lipinski definition) is 0. The lowest BCUT2D eigenvalue weighted by Crippen LogP contribution is -2.19. The number of hydrogen-bond acceptors (Lipinski definition) is 2. The van der Waals surface area contributed by atoms with Gasteiger partial charge in [-0.2, -0.15) is 0 Å². The summed E-state index contributed by atoms with van der Waals surface area (Å²) in [5.74, 6) is 0.563. The Morgan fingerprint density at radius 2 is 1.69 bits per heavy atom. The van der Waals surface area contributed by atoms with Crippen LogP contribution < -0.4 is 0 Å². The average molecular weight is 186 g/mol. The van der Waals surface area contributed by atoms with Crippen molar-refractivity contribution in [2.45, 2.75) is 47.0 Å². The molecule has 0 aliphatic rings. The lowest BCUT2D eigenvalue weighted by Gasteiger charge is -2.14. The number of carbonyl (C=O) groups is 1. The number of rotatable bonds is 6. The maximum Gasteiger partial charge on any atom is 0.308 e. The van der Waals surface area contributed by atoms with E-state index < -0.39 is 0 Å². The molecule has 0 aliphatic heterocycles. The van der Waals surface area contributed by atoms with E-state index >= 15 is 0 Å². The standard InChI is InChI=1S/C11H22O2/c1-5-9(4)8-13-11(12)10(6-2)7-3/h9-10H,5-8H2,1-4H3. The van der Waals surface area contributed by atoms with Crippen LogP contribution in [0.15, 0.2) is 0 Å². The van der Waals surface area contributed by atoms with Crippen molar-refractivity contribution >= 4 is 5.97 Å². The number of ether oxygens (including phenoxy) is 1. The van der Waals surface area contributed by atoms with Crippen LogP contribution in [0.5, 0.6) is 0 Å². The molecule has 2 heteroatoms. The van der Waals surface area contributed by atoms with Gasteiger partial charge in [-0.3, -0.25) is 4.79 Å². The third-order valence-corrected chi connectivity index (χ3v) is 2.53. The number of esters is 1. The minimum absolute atomic E-state index is 0.0229. The van der Waals surface area contributed by atoms with E-state index in [0.717, 1.165) is 19.3 Å². The van der Waals surface area contributed by atoms with Gasteiger partial charge in [0.25, 0.3) is 0 Å². The Kier molecular flexibility index (Phi) is 6.65. The van der Waals surface area contributed by atoms with Gasteiger partial charge in [0, 0.05) is 0 Å². The Hall–Kier alpha value is -0.530. The molecule has 0 aliphatic carbocycles. The van der Waals surface area contributed by atoms with Gasteiger partial charge in [-0.25, -0.2) is 0 Å². The van der Waals surface area contributed by atoms with Crippen LogP contribution in [0, 0.1) is 11.8 Å². The van der Waals surface area contributed by atoms with Crippen LogP contribution in [0.1, 0.15) is 47.0 Å². The van der Waals surface area contributed by atoms with E-state index in [2.05, 4.69) is 13.8 Å². The van der Waals surface area contributed by atoms with E-state index in [0.29, 0.717) is 12.5 Å². The highest BCUT2D eigenvalue weighted by molar-refractivity contribution is 5.72. The molecular weight excluding hydrogens is 164 g/mol. The molecule has 1 atom stereocenters. The van der Waals surface area contributed by atoms with Gasteiger partial charge in [0.2, 0.25) is 0 Å². The third-order valence-electron chi connectivity index (χ3n) is 2.53. The van der Waals surface area contributed by atoms with Crippen molar-refractivity contribution in [3.8, 4) is 0 Å². The minimum atomic E-state index is -0.0229. The number of carbonyl (C=O) groups excluding carboxylic acids is 1. The highest BCUT2D eigenvalue weighted by Crippen LogP contribution is 2.11. The topological polar surface area (TPSA) is 26.3 Å². The van der Waals surface area contributed by atoms with Gasteiger partial charge in [-0.15, -0.1) is 0 Å². The molecule has 0 heterocycles. The van der Waals surface area contributed by atoms with Gasteiger partial charge in [-0.05, 0) is 18.8 Å². The summed E-state index contributed by atoms with van der Waals surface area (Å²) < 4.78 is 5.20. The molecule has 0 saturated carbocycles. The average Bonchev–Trinajstić information content (AvgIpc) is 2.16. The molecule has 1 unspecified atom stereocenters. The van der Waals surface area contributed by atoms with Crippen molar-refractivity contribution in [2.24, 2.45) is 11.8 Å². The first kappa shape index (κ1) is 12.5. The molecule has 0 aromatic heterocycles. The first-order valence-corrected chi connectivity index (χ1v) is 5.32. The Balaban J connectivity index is 3.72. The Bertz CT molecular complexity index is 139. The molecule has 0 rings (SSSR count). The van der Waals surface area contributed by atoms with Crippen molar-refractivity contribution < 1.29 is 9.53 Å². The monoisotopic (exact) mass is 186 g/mol. The van der Waals surface area contributed by atoms with Gasteiger partial charge in [0.15, 0.2) is 0 Å². The largest absolute Gasteiger partial charge is 0.465 e. The molecule has 78 valence electrons. The van der Waals surface area contributed by atoms with Crippen molar-refractivity contribution in [2.75, 3.05) is 6.61 Å². The van der Waals surface area contributed by atoms with Crippen LogP contribution in [0.25, 0.3) is 0 Å². The molecule has 0 aromatic carbocycles. The van der Waals surface area contributed by atoms with Crippen LogP contribution >= 0.6 is 0 Å². The second kappa shape index (κ2) is 6.93. The van der Waals surface area contributed by atoms with Crippen LogP contribution in [0.2, 0.25) is 0 Å². The molecule has 0 spiro atoms. The summed E-state index contributed by atoms with van der Waals surface area (Å²) in [6.07, 6.45) is 2.84. The summed E-state index contributed by atoms with van der Waals surface area (Å²) in [7, 11) is 0. The first-order valence-electron chi connectivity index (χ1n) is 5.32. The van der Waals surface area contributed by atoms with Crippen molar-refractivity contribution in [1.82, 2.24) is 0 Å². The molecular formula is C11H22O2. The third kappa shape index (κ3) is 4.91. The predicted octanol–water partition coefficient (Wildman–Crippen LogP) is 3.01. The molecule has 0 fully saturated rings. The van der Waals surface area contributed by atoms with Crippen molar-refractivity contribution in [1.29, 1.82) is 0 Å². The molecule has 2 nitrogen and oxygen atoms in total. The maximum atomic E-state index is 11.4. The van der Waals surface area contributed by atoms with Gasteiger partial charge in [-0.1, -0.05) is 34.1 Å². The van der Waals surface area contributed by atoms with Crippen molar-refractivity contribution in [3.05, 3.63) is 0 Å². The van der Waals surface area contributed by atoms with Gasteiger partial charge >= 0.3 is 5.97 Å². The summed E-state index contributed by atoms with van der Waals surface area (Å²) in [6.45, 7) is 8.83. The predicted molar refractivity (Wildman–Crippen MR) is 54.5 cm³/mol. The molecule has 13 heavy (non-hydrogen) atoms. The fraction of sp³-hybridized carbons (Fsp3) is 0.909. The SMILES string of the molecule is CCC(C)COC(=O)C(CC)CC. The van der Waals surface area contributed by atoms with Gasteiger partial charge in [0.1, 0.15) is 0 Å². The molecule has 0 amide bonds. The Labute approximate surface area is 81.7 Å². The zero-order valence-electron chi connectivity index (χ0n) is 9.30. The Morgan fingerprint density at radius 1 is 1.15 bits per heavy atom. The summed E-state index contributed by atoms with van der Waals surface area (Å²) in [4.78, 5) is 11.4. The van der Waals surface area contributed by atoms with Gasteiger partial charge in [0.05, 0.1) is 12.5 Å². The van der Waals surface area contributed by atoms with E-state index in [4.69, 9.17) is 4.74 Å². The smallest absolute Gasteiger partial charge is 0.308 e. The Morgan fingerprint density at radius 3 is 2.08 bits per heavy atom. The van der Waals surface area contributed by atoms with Crippen LogP contribution in [0.3, 0.4) is 0 Å². The van der Waals surface area contributed by atoms with Crippen LogP contribution in [-0.2, 0) is 9.53 Å². The van der Waals surface area contributed by atoms with Crippen molar-refractivity contribution in [3.63, 3.8) is 0 Å². The zero-order chi connectivity index (χ0) is 10.3. The van der Waals surface area contributed by atoms with Gasteiger partial charge < -0.3 is 4.74 Å². The second-order valence-corrected chi connectivity index (χ2v) is 3.66. The highest BCUT2D eigenvalue weighted by Gasteiger charge is 2.15. The summed E-state index contributed by atoms with van der Waals surface area (Å²) in [5.41, 5.74) is 0. The fourth-order valence-corrected chi connectivity index (χ4v) is 1.08. The normalized spacial score (nSPS) is 13.0. The fourth-order valence-electron chi connectivity index (χ4n) is 1.08. The van der Waals surface area contributed by atoms with E-state index in [9.17, 15) is 4.79 Å². The summed E-state index contributed by atoms with van der Waals surface area (Å²) in [6, 6.07) is 0. The van der Waals surface area contributed by atoms with Crippen LogP contribution in [0.4, 0.5) is 0 Å². The molecule has 0 N–H and O–H groups in total. The van der Waals surface area contributed by atoms with E-state index in [1.165, 1.54) is 0 Å². The minimum Gasteiger partial charge on any atom is -0.465 e. The summed E-state index contributed by atoms with van der Waals surface area (Å²) >= 11 is 0. The molecule has 0 bridgehead atoms. The quantitative estimate of drug-likeness (QED) is 0.596.